The van der Waals surface area contributed by atoms with E-state index in [-0.39, 0.29) is 26.6 Å². The Morgan fingerprint density at radius 1 is 0.692 bits per heavy atom. The molecule has 0 N–H and O–H groups in total. The predicted octanol–water partition coefficient (Wildman–Crippen LogP) is -0.734. The zero-order chi connectivity index (χ0) is 8.97. The Morgan fingerprint density at radius 2 is 0.923 bits per heavy atom. The van der Waals surface area contributed by atoms with Gasteiger partial charge in [0, 0.05) is 0 Å². The van der Waals surface area contributed by atoms with Gasteiger partial charge in [0.1, 0.15) is 0 Å². The largest absolute Gasteiger partial charge is 0.451 e. The molecule has 2 aliphatic rings. The first-order valence-corrected chi connectivity index (χ1v) is 3.15. The van der Waals surface area contributed by atoms with Crippen LogP contribution < -0.4 is 0 Å². The lowest BCUT2D eigenvalue weighted by Gasteiger charge is -2.09. The zero-order valence-electron chi connectivity index (χ0n) is 6.07. The maximum Gasteiger partial charge on any atom is 0.344 e. The molecule has 2 heterocycles. The number of cyclic esters (lactones) is 3. The van der Waals surface area contributed by atoms with Crippen molar-refractivity contribution in [2.24, 2.45) is 0 Å². The lowest BCUT2D eigenvalue weighted by Crippen LogP contribution is -2.27. The Labute approximate surface area is 74.8 Å². The summed E-state index contributed by atoms with van der Waals surface area (Å²) >= 11 is 0. The minimum absolute atomic E-state index is 0. The zero-order valence-corrected chi connectivity index (χ0v) is 6.07. The molecule has 0 radical (unpaired) electrons. The van der Waals surface area contributed by atoms with Gasteiger partial charge in [0.15, 0.2) is 19.8 Å². The van der Waals surface area contributed by atoms with Crippen molar-refractivity contribution in [3.05, 3.63) is 0 Å². The molecule has 2 rings (SSSR count). The summed E-state index contributed by atoms with van der Waals surface area (Å²) in [7, 11) is 0. The minimum Gasteiger partial charge on any atom is -0.451 e. The summed E-state index contributed by atoms with van der Waals surface area (Å²) in [6, 6.07) is 0. The van der Waals surface area contributed by atoms with Gasteiger partial charge in [0.25, 0.3) is 0 Å². The number of hydrogen-bond acceptors (Lipinski definition) is 6. The van der Waals surface area contributed by atoms with Crippen LogP contribution in [0.1, 0.15) is 7.43 Å². The molecule has 0 atom stereocenters. The van der Waals surface area contributed by atoms with Crippen molar-refractivity contribution in [2.45, 2.75) is 7.43 Å². The van der Waals surface area contributed by atoms with E-state index in [0.29, 0.717) is 6.61 Å². The first kappa shape index (κ1) is 11.4. The molecule has 2 saturated heterocycles. The molecule has 0 saturated carbocycles. The molecule has 0 unspecified atom stereocenters. The summed E-state index contributed by atoms with van der Waals surface area (Å²) in [5.41, 5.74) is 0. The van der Waals surface area contributed by atoms with Gasteiger partial charge in [-0.2, -0.15) is 0 Å². The predicted molar refractivity (Wildman–Crippen MR) is 39.6 cm³/mol. The van der Waals surface area contributed by atoms with Crippen molar-refractivity contribution < 1.29 is 28.6 Å². The average molecular weight is 190 g/mol. The molecule has 13 heavy (non-hydrogen) atoms. The van der Waals surface area contributed by atoms with E-state index in [2.05, 4.69) is 14.2 Å². The van der Waals surface area contributed by atoms with Crippen molar-refractivity contribution in [1.29, 1.82) is 0 Å². The van der Waals surface area contributed by atoms with Crippen LogP contribution in [-0.4, -0.2) is 37.7 Å². The van der Waals surface area contributed by atoms with E-state index < -0.39 is 11.9 Å². The number of hydrogen-bond donors (Lipinski definition) is 0. The van der Waals surface area contributed by atoms with Crippen molar-refractivity contribution in [3.8, 4) is 0 Å². The van der Waals surface area contributed by atoms with Gasteiger partial charge in [0.2, 0.25) is 0 Å². The topological polar surface area (TPSA) is 82.2 Å². The SMILES string of the molecule is C.O=C1CO1.O=C1COC(=O)CO1. The molecule has 0 spiro atoms. The number of epoxide rings is 1. The van der Waals surface area contributed by atoms with Gasteiger partial charge in [0.05, 0.1) is 0 Å². The molecule has 6 heteroatoms. The normalized spacial score (nSPS) is 18.0. The number of carbonyl (C=O) groups is 3. The molecular weight excluding hydrogens is 180 g/mol. The Morgan fingerprint density at radius 3 is 1.08 bits per heavy atom. The second-order valence-electron chi connectivity index (χ2n) is 1.98. The molecular formula is C7H10O6. The van der Waals surface area contributed by atoms with Gasteiger partial charge in [-0.05, 0) is 0 Å². The number of rotatable bonds is 0. The molecule has 0 amide bonds. The summed E-state index contributed by atoms with van der Waals surface area (Å²) in [5.74, 6) is -1.05. The van der Waals surface area contributed by atoms with Crippen molar-refractivity contribution >= 4 is 17.9 Å². The maximum absolute atomic E-state index is 10.1. The molecule has 74 valence electrons. The lowest BCUT2D eigenvalue weighted by atomic mass is 10.6. The molecule has 0 aromatic rings. The third-order valence-corrected chi connectivity index (χ3v) is 0.964. The van der Waals surface area contributed by atoms with Crippen LogP contribution in [0.2, 0.25) is 0 Å². The highest BCUT2D eigenvalue weighted by atomic mass is 16.6. The fraction of sp³-hybridized carbons (Fsp3) is 0.571. The highest BCUT2D eigenvalue weighted by Gasteiger charge is 2.16. The van der Waals surface area contributed by atoms with Crippen LogP contribution in [0.15, 0.2) is 0 Å². The van der Waals surface area contributed by atoms with E-state index in [1.807, 2.05) is 0 Å². The van der Waals surface area contributed by atoms with E-state index in [4.69, 9.17) is 0 Å². The summed E-state index contributed by atoms with van der Waals surface area (Å²) < 4.78 is 12.6. The highest BCUT2D eigenvalue weighted by Crippen LogP contribution is 1.91. The monoisotopic (exact) mass is 190 g/mol. The number of ether oxygens (including phenoxy) is 3. The fourth-order valence-electron chi connectivity index (χ4n) is 0.392. The van der Waals surface area contributed by atoms with Crippen molar-refractivity contribution in [3.63, 3.8) is 0 Å². The highest BCUT2D eigenvalue weighted by molar-refractivity contribution is 5.82. The Bertz CT molecular complexity index is 187. The molecule has 0 bridgehead atoms. The van der Waals surface area contributed by atoms with Crippen LogP contribution in [0.25, 0.3) is 0 Å². The standard InChI is InChI=1S/C4H4O4.C2H2O2.CH4/c5-3-1-7-4(6)2-8-3;3-2-1-4-2;/h1-2H2;1H2;1H4. The van der Waals surface area contributed by atoms with E-state index in [9.17, 15) is 14.4 Å². The molecule has 6 nitrogen and oxygen atoms in total. The average Bonchev–Trinajstić information content (AvgIpc) is 2.80. The van der Waals surface area contributed by atoms with Gasteiger partial charge in [-0.15, -0.1) is 0 Å². The van der Waals surface area contributed by atoms with E-state index in [1.165, 1.54) is 0 Å². The molecule has 0 aromatic carbocycles. The van der Waals surface area contributed by atoms with Crippen LogP contribution in [0, 0.1) is 0 Å². The quantitative estimate of drug-likeness (QED) is 0.284. The second kappa shape index (κ2) is 5.13. The molecule has 2 fully saturated rings. The van der Waals surface area contributed by atoms with Crippen molar-refractivity contribution in [1.82, 2.24) is 0 Å². The van der Waals surface area contributed by atoms with Gasteiger partial charge < -0.3 is 14.2 Å². The minimum atomic E-state index is -0.482. The smallest absolute Gasteiger partial charge is 0.344 e. The molecule has 0 aromatic heterocycles. The van der Waals surface area contributed by atoms with Crippen LogP contribution >= 0.6 is 0 Å². The summed E-state index contributed by atoms with van der Waals surface area (Å²) in [6.45, 7) is -0.127. The van der Waals surface area contributed by atoms with Gasteiger partial charge in [-0.1, -0.05) is 7.43 Å². The summed E-state index contributed by atoms with van der Waals surface area (Å²) in [5, 5.41) is 0. The maximum atomic E-state index is 10.1. The molecule has 0 aliphatic carbocycles. The summed E-state index contributed by atoms with van der Waals surface area (Å²) in [4.78, 5) is 29.6. The first-order chi connectivity index (χ1) is 5.68. The number of carbonyl (C=O) groups excluding carboxylic acids is 3. The van der Waals surface area contributed by atoms with E-state index in [0.717, 1.165) is 0 Å². The van der Waals surface area contributed by atoms with Gasteiger partial charge in [-0.3, -0.25) is 0 Å². The Kier molecular flexibility index (Phi) is 4.50. The lowest BCUT2D eigenvalue weighted by molar-refractivity contribution is -0.174. The third kappa shape index (κ3) is 5.66. The van der Waals surface area contributed by atoms with Crippen LogP contribution in [-0.2, 0) is 28.6 Å². The number of esters is 2. The van der Waals surface area contributed by atoms with Crippen molar-refractivity contribution in [2.75, 3.05) is 19.8 Å². The van der Waals surface area contributed by atoms with E-state index >= 15 is 0 Å². The van der Waals surface area contributed by atoms with Gasteiger partial charge >= 0.3 is 17.9 Å². The first-order valence-electron chi connectivity index (χ1n) is 3.15. The Hall–Kier alpha value is -1.59. The molecule has 2 aliphatic heterocycles. The second-order valence-corrected chi connectivity index (χ2v) is 1.98. The van der Waals surface area contributed by atoms with E-state index in [1.54, 1.807) is 0 Å². The van der Waals surface area contributed by atoms with Crippen LogP contribution in [0.5, 0.6) is 0 Å². The Balaban J connectivity index is 0.000000245. The fourth-order valence-corrected chi connectivity index (χ4v) is 0.392. The third-order valence-electron chi connectivity index (χ3n) is 0.964. The van der Waals surface area contributed by atoms with Crippen LogP contribution in [0.3, 0.4) is 0 Å². The summed E-state index contributed by atoms with van der Waals surface area (Å²) in [6.07, 6.45) is 0. The van der Waals surface area contributed by atoms with Crippen LogP contribution in [0.4, 0.5) is 0 Å². The van der Waals surface area contributed by atoms with Gasteiger partial charge in [-0.25, -0.2) is 14.4 Å².